The molecular formula is C19H18ClFO2. The molecule has 0 atom stereocenters. The second kappa shape index (κ2) is 8.49. The summed E-state index contributed by atoms with van der Waals surface area (Å²) in [4.78, 5) is 11.8. The van der Waals surface area contributed by atoms with Crippen molar-refractivity contribution in [1.82, 2.24) is 0 Å². The molecule has 0 fully saturated rings. The Morgan fingerprint density at radius 3 is 2.52 bits per heavy atom. The minimum Gasteiger partial charge on any atom is -0.463 e. The molecular weight excluding hydrogens is 315 g/mol. The molecule has 0 amide bonds. The molecule has 0 aliphatic rings. The maximum atomic E-state index is 14.0. The summed E-state index contributed by atoms with van der Waals surface area (Å²) < 4.78 is 19.0. The third kappa shape index (κ3) is 5.22. The number of carbonyl (C=O) groups is 1. The van der Waals surface area contributed by atoms with Crippen molar-refractivity contribution >= 4 is 23.1 Å². The summed E-state index contributed by atoms with van der Waals surface area (Å²) in [5.74, 6) is -0.805. The van der Waals surface area contributed by atoms with Crippen LogP contribution in [0.1, 0.15) is 24.5 Å². The second-order valence-corrected chi connectivity index (χ2v) is 5.46. The van der Waals surface area contributed by atoms with E-state index in [1.165, 1.54) is 12.1 Å². The van der Waals surface area contributed by atoms with Crippen molar-refractivity contribution in [1.29, 1.82) is 0 Å². The molecule has 0 heterocycles. The maximum absolute atomic E-state index is 14.0. The number of halogens is 2. The van der Waals surface area contributed by atoms with E-state index < -0.39 is 5.97 Å². The van der Waals surface area contributed by atoms with Gasteiger partial charge in [-0.25, -0.2) is 9.18 Å². The number of carbonyl (C=O) groups excluding carboxylic acids is 1. The molecule has 120 valence electrons. The Morgan fingerprint density at radius 2 is 1.87 bits per heavy atom. The van der Waals surface area contributed by atoms with E-state index in [9.17, 15) is 9.18 Å². The first-order valence-electron chi connectivity index (χ1n) is 7.47. The number of hydrogen-bond donors (Lipinski definition) is 0. The van der Waals surface area contributed by atoms with Crippen molar-refractivity contribution < 1.29 is 13.9 Å². The number of allylic oxidation sites excluding steroid dienone is 1. The molecule has 0 saturated heterocycles. The largest absolute Gasteiger partial charge is 0.463 e. The van der Waals surface area contributed by atoms with Crippen LogP contribution in [-0.2, 0) is 16.0 Å². The minimum atomic E-state index is -0.457. The lowest BCUT2D eigenvalue weighted by molar-refractivity contribution is -0.137. The molecule has 0 saturated carbocycles. The van der Waals surface area contributed by atoms with Crippen molar-refractivity contribution in [2.45, 2.75) is 19.8 Å². The van der Waals surface area contributed by atoms with Crippen LogP contribution in [0.4, 0.5) is 4.39 Å². The van der Waals surface area contributed by atoms with E-state index in [0.717, 1.165) is 5.56 Å². The molecule has 0 bridgehead atoms. The summed E-state index contributed by atoms with van der Waals surface area (Å²) in [6.07, 6.45) is 2.58. The number of aryl methyl sites for hydroxylation is 1. The van der Waals surface area contributed by atoms with E-state index in [0.29, 0.717) is 29.0 Å². The Morgan fingerprint density at radius 1 is 1.17 bits per heavy atom. The summed E-state index contributed by atoms with van der Waals surface area (Å²) in [6, 6.07) is 13.9. The van der Waals surface area contributed by atoms with Crippen molar-refractivity contribution in [3.63, 3.8) is 0 Å². The highest BCUT2D eigenvalue weighted by molar-refractivity contribution is 6.30. The number of rotatable bonds is 6. The molecule has 2 nitrogen and oxygen atoms in total. The summed E-state index contributed by atoms with van der Waals surface area (Å²) in [5.41, 5.74) is 2.12. The third-order valence-electron chi connectivity index (χ3n) is 3.39. The molecule has 0 N–H and O–H groups in total. The summed E-state index contributed by atoms with van der Waals surface area (Å²) in [6.45, 7) is 2.03. The zero-order valence-corrected chi connectivity index (χ0v) is 13.6. The van der Waals surface area contributed by atoms with Gasteiger partial charge in [-0.15, -0.1) is 0 Å². The fourth-order valence-electron chi connectivity index (χ4n) is 2.26. The van der Waals surface area contributed by atoms with Gasteiger partial charge in [0.05, 0.1) is 6.61 Å². The van der Waals surface area contributed by atoms with Gasteiger partial charge in [-0.3, -0.25) is 0 Å². The van der Waals surface area contributed by atoms with E-state index in [4.69, 9.17) is 16.3 Å². The van der Waals surface area contributed by atoms with Crippen LogP contribution in [0.15, 0.2) is 54.6 Å². The molecule has 2 aromatic carbocycles. The average Bonchev–Trinajstić information content (AvgIpc) is 2.54. The lowest BCUT2D eigenvalue weighted by Gasteiger charge is -2.09. The van der Waals surface area contributed by atoms with Gasteiger partial charge in [-0.1, -0.05) is 41.9 Å². The SMILES string of the molecule is CCOC(=O)/C=C(/CCc1ccc(Cl)cc1)c1ccccc1F. The highest BCUT2D eigenvalue weighted by Crippen LogP contribution is 2.24. The van der Waals surface area contributed by atoms with Gasteiger partial charge in [0.15, 0.2) is 0 Å². The Kier molecular flexibility index (Phi) is 6.36. The van der Waals surface area contributed by atoms with Gasteiger partial charge < -0.3 is 4.74 Å². The first-order valence-corrected chi connectivity index (χ1v) is 7.84. The lowest BCUT2D eigenvalue weighted by Crippen LogP contribution is -2.02. The summed E-state index contributed by atoms with van der Waals surface area (Å²) in [5, 5.41) is 0.671. The van der Waals surface area contributed by atoms with Crippen molar-refractivity contribution in [2.24, 2.45) is 0 Å². The van der Waals surface area contributed by atoms with E-state index in [2.05, 4.69) is 0 Å². The van der Waals surface area contributed by atoms with Gasteiger partial charge in [0.1, 0.15) is 5.82 Å². The van der Waals surface area contributed by atoms with Crippen LogP contribution in [0.5, 0.6) is 0 Å². The fraction of sp³-hybridized carbons (Fsp3) is 0.211. The van der Waals surface area contributed by atoms with Crippen LogP contribution in [0.3, 0.4) is 0 Å². The predicted octanol–water partition coefficient (Wildman–Crippen LogP) is 5.06. The zero-order valence-electron chi connectivity index (χ0n) is 12.9. The van der Waals surface area contributed by atoms with Gasteiger partial charge >= 0.3 is 5.97 Å². The second-order valence-electron chi connectivity index (χ2n) is 5.03. The van der Waals surface area contributed by atoms with Crippen LogP contribution < -0.4 is 0 Å². The standard InChI is InChI=1S/C19H18ClFO2/c1-2-23-19(22)13-15(17-5-3-4-6-18(17)21)10-7-14-8-11-16(20)12-9-14/h3-6,8-9,11-13H,2,7,10H2,1H3/b15-13-. The summed E-state index contributed by atoms with van der Waals surface area (Å²) in [7, 11) is 0. The molecule has 0 aliphatic heterocycles. The monoisotopic (exact) mass is 332 g/mol. The average molecular weight is 333 g/mol. The van der Waals surface area contributed by atoms with Crippen LogP contribution in [0.2, 0.25) is 5.02 Å². The van der Waals surface area contributed by atoms with Gasteiger partial charge in [0.2, 0.25) is 0 Å². The van der Waals surface area contributed by atoms with Crippen LogP contribution in [0.25, 0.3) is 5.57 Å². The number of ether oxygens (including phenoxy) is 1. The van der Waals surface area contributed by atoms with E-state index in [-0.39, 0.29) is 12.4 Å². The van der Waals surface area contributed by atoms with Crippen LogP contribution >= 0.6 is 11.6 Å². The number of esters is 1. The Labute approximate surface area is 140 Å². The minimum absolute atomic E-state index is 0.289. The molecule has 4 heteroatoms. The molecule has 0 aromatic heterocycles. The van der Waals surface area contributed by atoms with Crippen molar-refractivity contribution in [3.8, 4) is 0 Å². The molecule has 2 aromatic rings. The Hall–Kier alpha value is -2.13. The third-order valence-corrected chi connectivity index (χ3v) is 3.65. The zero-order chi connectivity index (χ0) is 16.7. The van der Waals surface area contributed by atoms with E-state index in [1.54, 1.807) is 25.1 Å². The quantitative estimate of drug-likeness (QED) is 0.546. The smallest absolute Gasteiger partial charge is 0.331 e. The van der Waals surface area contributed by atoms with Crippen molar-refractivity contribution in [3.05, 3.63) is 76.6 Å². The number of hydrogen-bond acceptors (Lipinski definition) is 2. The molecule has 0 unspecified atom stereocenters. The highest BCUT2D eigenvalue weighted by atomic mass is 35.5. The number of benzene rings is 2. The van der Waals surface area contributed by atoms with E-state index >= 15 is 0 Å². The first kappa shape index (κ1) is 17.2. The van der Waals surface area contributed by atoms with Gasteiger partial charge in [-0.2, -0.15) is 0 Å². The predicted molar refractivity (Wildman–Crippen MR) is 90.8 cm³/mol. The molecule has 0 radical (unpaired) electrons. The Bertz CT molecular complexity index is 693. The van der Waals surface area contributed by atoms with Gasteiger partial charge in [0.25, 0.3) is 0 Å². The molecule has 2 rings (SSSR count). The molecule has 23 heavy (non-hydrogen) atoms. The summed E-state index contributed by atoms with van der Waals surface area (Å²) >= 11 is 5.87. The fourth-order valence-corrected chi connectivity index (χ4v) is 2.39. The van der Waals surface area contributed by atoms with Crippen LogP contribution in [0, 0.1) is 5.82 Å². The van der Waals surface area contributed by atoms with E-state index in [1.807, 2.05) is 24.3 Å². The molecule has 0 aliphatic carbocycles. The van der Waals surface area contributed by atoms with Gasteiger partial charge in [-0.05, 0) is 49.1 Å². The van der Waals surface area contributed by atoms with Crippen LogP contribution in [-0.4, -0.2) is 12.6 Å². The molecule has 0 spiro atoms. The lowest BCUT2D eigenvalue weighted by atomic mass is 9.97. The van der Waals surface area contributed by atoms with Crippen molar-refractivity contribution in [2.75, 3.05) is 6.61 Å². The first-order chi connectivity index (χ1) is 11.1. The maximum Gasteiger partial charge on any atom is 0.331 e. The topological polar surface area (TPSA) is 26.3 Å². The normalized spacial score (nSPS) is 11.3. The van der Waals surface area contributed by atoms with Gasteiger partial charge in [0, 0.05) is 16.7 Å². The highest BCUT2D eigenvalue weighted by Gasteiger charge is 2.10. The Balaban J connectivity index is 2.21.